The molecule has 0 saturated carbocycles. The van der Waals surface area contributed by atoms with E-state index in [2.05, 4.69) is 27.7 Å². The highest BCUT2D eigenvalue weighted by Crippen LogP contribution is 2.27. The summed E-state index contributed by atoms with van der Waals surface area (Å²) in [4.78, 5) is 0. The lowest BCUT2D eigenvalue weighted by atomic mass is 10.1. The molecule has 25 heavy (non-hydrogen) atoms. The fourth-order valence-corrected chi connectivity index (χ4v) is 3.69. The molecule has 4 rings (SSSR count). The number of fused-ring (bicyclic) bond motifs is 1. The summed E-state index contributed by atoms with van der Waals surface area (Å²) in [6.45, 7) is 1.86. The second-order valence-electron chi connectivity index (χ2n) is 5.80. The Bertz CT molecular complexity index is 1060. The summed E-state index contributed by atoms with van der Waals surface area (Å²) in [5, 5.41) is 11.5. The van der Waals surface area contributed by atoms with Crippen LogP contribution in [0.3, 0.4) is 0 Å². The van der Waals surface area contributed by atoms with Crippen LogP contribution in [0.5, 0.6) is 0 Å². The predicted octanol–water partition coefficient (Wildman–Crippen LogP) is 5.49. The van der Waals surface area contributed by atoms with Gasteiger partial charge in [-0.25, -0.2) is 4.39 Å². The zero-order valence-corrected chi connectivity index (χ0v) is 14.4. The van der Waals surface area contributed by atoms with Crippen LogP contribution in [0.25, 0.3) is 22.2 Å². The van der Waals surface area contributed by atoms with Crippen molar-refractivity contribution in [1.82, 2.24) is 10.2 Å². The zero-order valence-electron chi connectivity index (χ0n) is 13.6. The van der Waals surface area contributed by atoms with Crippen molar-refractivity contribution in [3.05, 3.63) is 82.1 Å². The van der Waals surface area contributed by atoms with Crippen molar-refractivity contribution < 1.29 is 8.81 Å². The second kappa shape index (κ2) is 6.61. The molecule has 2 heterocycles. The number of aromatic nitrogens is 2. The number of rotatable bonds is 4. The van der Waals surface area contributed by atoms with Gasteiger partial charge in [0.15, 0.2) is 0 Å². The Balaban J connectivity index is 1.53. The SMILES string of the molecule is Cc1cc(F)ccc1/C=C/c1nnc(Cc2csc3ccccc23)o1. The van der Waals surface area contributed by atoms with Gasteiger partial charge in [-0.15, -0.1) is 21.5 Å². The first-order chi connectivity index (χ1) is 12.2. The summed E-state index contributed by atoms with van der Waals surface area (Å²) < 4.78 is 20.1. The third-order valence-electron chi connectivity index (χ3n) is 4.02. The summed E-state index contributed by atoms with van der Waals surface area (Å²) in [5.74, 6) is 0.787. The highest BCUT2D eigenvalue weighted by molar-refractivity contribution is 7.17. The molecule has 124 valence electrons. The van der Waals surface area contributed by atoms with Crippen molar-refractivity contribution in [1.29, 1.82) is 0 Å². The first-order valence-electron chi connectivity index (χ1n) is 7.91. The van der Waals surface area contributed by atoms with E-state index in [0.29, 0.717) is 18.2 Å². The molecular formula is C20H15FN2OS. The van der Waals surface area contributed by atoms with E-state index in [9.17, 15) is 4.39 Å². The molecule has 5 heteroatoms. The minimum atomic E-state index is -0.238. The zero-order chi connectivity index (χ0) is 17.2. The maximum atomic E-state index is 13.1. The monoisotopic (exact) mass is 350 g/mol. The average molecular weight is 350 g/mol. The van der Waals surface area contributed by atoms with Crippen molar-refractivity contribution >= 4 is 33.6 Å². The van der Waals surface area contributed by atoms with Crippen LogP contribution in [0, 0.1) is 12.7 Å². The standard InChI is InChI=1S/C20H15FN2OS/c1-13-10-16(21)8-6-14(13)7-9-19-22-23-20(24-19)11-15-12-25-18-5-3-2-4-17(15)18/h2-10,12H,11H2,1H3/b9-7+. The number of thiophene rings is 1. The van der Waals surface area contributed by atoms with Gasteiger partial charge in [-0.05, 0) is 58.7 Å². The third-order valence-corrected chi connectivity index (χ3v) is 5.03. The second-order valence-corrected chi connectivity index (χ2v) is 6.71. The Morgan fingerprint density at radius 3 is 2.88 bits per heavy atom. The van der Waals surface area contributed by atoms with Crippen LogP contribution in [0.15, 0.2) is 52.3 Å². The van der Waals surface area contributed by atoms with Crippen LogP contribution >= 0.6 is 11.3 Å². The lowest BCUT2D eigenvalue weighted by Gasteiger charge is -1.98. The summed E-state index contributed by atoms with van der Waals surface area (Å²) in [6, 6.07) is 13.0. The van der Waals surface area contributed by atoms with E-state index < -0.39 is 0 Å². The Hall–Kier alpha value is -2.79. The Labute approximate surface area is 148 Å². The lowest BCUT2D eigenvalue weighted by molar-refractivity contribution is 0.497. The molecule has 0 aliphatic rings. The Kier molecular flexibility index (Phi) is 4.15. The van der Waals surface area contributed by atoms with Gasteiger partial charge in [0.05, 0.1) is 6.42 Å². The number of aryl methyl sites for hydroxylation is 1. The van der Waals surface area contributed by atoms with Gasteiger partial charge in [0, 0.05) is 10.8 Å². The lowest BCUT2D eigenvalue weighted by Crippen LogP contribution is -1.86. The highest BCUT2D eigenvalue weighted by Gasteiger charge is 2.09. The molecule has 0 N–H and O–H groups in total. The van der Waals surface area contributed by atoms with Crippen molar-refractivity contribution in [2.24, 2.45) is 0 Å². The molecule has 0 aliphatic carbocycles. The topological polar surface area (TPSA) is 38.9 Å². The fraction of sp³-hybridized carbons (Fsp3) is 0.100. The van der Waals surface area contributed by atoms with E-state index in [1.165, 1.54) is 27.8 Å². The minimum Gasteiger partial charge on any atom is -0.421 e. The minimum absolute atomic E-state index is 0.238. The summed E-state index contributed by atoms with van der Waals surface area (Å²) in [5.41, 5.74) is 2.97. The molecule has 2 aromatic carbocycles. The summed E-state index contributed by atoms with van der Waals surface area (Å²) in [6.07, 6.45) is 4.22. The van der Waals surface area contributed by atoms with Gasteiger partial charge in [0.2, 0.25) is 11.8 Å². The average Bonchev–Trinajstić information content (AvgIpc) is 3.22. The summed E-state index contributed by atoms with van der Waals surface area (Å²) in [7, 11) is 0. The highest BCUT2D eigenvalue weighted by atomic mass is 32.1. The number of nitrogens with zero attached hydrogens (tertiary/aromatic N) is 2. The normalized spacial score (nSPS) is 11.6. The van der Waals surface area contributed by atoms with Crippen molar-refractivity contribution in [2.75, 3.05) is 0 Å². The number of hydrogen-bond acceptors (Lipinski definition) is 4. The van der Waals surface area contributed by atoms with Gasteiger partial charge in [-0.1, -0.05) is 24.3 Å². The molecule has 0 fully saturated rings. The number of benzene rings is 2. The Morgan fingerprint density at radius 2 is 2.00 bits per heavy atom. The quantitative estimate of drug-likeness (QED) is 0.488. The molecule has 0 aliphatic heterocycles. The van der Waals surface area contributed by atoms with Gasteiger partial charge >= 0.3 is 0 Å². The number of halogens is 1. The van der Waals surface area contributed by atoms with Crippen LogP contribution in [-0.4, -0.2) is 10.2 Å². The maximum Gasteiger partial charge on any atom is 0.240 e. The first kappa shape index (κ1) is 15.7. The van der Waals surface area contributed by atoms with E-state index in [-0.39, 0.29) is 5.82 Å². The molecule has 0 radical (unpaired) electrons. The molecule has 0 amide bonds. The van der Waals surface area contributed by atoms with Crippen molar-refractivity contribution in [3.63, 3.8) is 0 Å². The molecule has 0 unspecified atom stereocenters. The molecule has 2 aromatic heterocycles. The fourth-order valence-electron chi connectivity index (χ4n) is 2.73. The largest absolute Gasteiger partial charge is 0.421 e. The van der Waals surface area contributed by atoms with E-state index in [1.54, 1.807) is 23.5 Å². The van der Waals surface area contributed by atoms with Gasteiger partial charge < -0.3 is 4.42 Å². The molecule has 0 spiro atoms. The van der Waals surface area contributed by atoms with Gasteiger partial charge in [-0.3, -0.25) is 0 Å². The molecular weight excluding hydrogens is 335 g/mol. The van der Waals surface area contributed by atoms with Crippen molar-refractivity contribution in [3.8, 4) is 0 Å². The van der Waals surface area contributed by atoms with E-state index in [4.69, 9.17) is 4.42 Å². The first-order valence-corrected chi connectivity index (χ1v) is 8.79. The van der Waals surface area contributed by atoms with Crippen LogP contribution in [0.2, 0.25) is 0 Å². The van der Waals surface area contributed by atoms with E-state index in [0.717, 1.165) is 11.1 Å². The van der Waals surface area contributed by atoms with Gasteiger partial charge in [0.1, 0.15) is 5.82 Å². The third kappa shape index (κ3) is 3.37. The predicted molar refractivity (Wildman–Crippen MR) is 99.0 cm³/mol. The maximum absolute atomic E-state index is 13.1. The smallest absolute Gasteiger partial charge is 0.240 e. The molecule has 0 saturated heterocycles. The summed E-state index contributed by atoms with van der Waals surface area (Å²) >= 11 is 1.72. The van der Waals surface area contributed by atoms with Gasteiger partial charge in [0.25, 0.3) is 0 Å². The number of hydrogen-bond donors (Lipinski definition) is 0. The van der Waals surface area contributed by atoms with Crippen LogP contribution in [0.1, 0.15) is 28.5 Å². The van der Waals surface area contributed by atoms with Crippen LogP contribution in [-0.2, 0) is 6.42 Å². The Morgan fingerprint density at radius 1 is 1.12 bits per heavy atom. The van der Waals surface area contributed by atoms with Crippen LogP contribution in [0.4, 0.5) is 4.39 Å². The van der Waals surface area contributed by atoms with E-state index in [1.807, 2.05) is 25.1 Å². The molecule has 3 nitrogen and oxygen atoms in total. The molecule has 4 aromatic rings. The van der Waals surface area contributed by atoms with E-state index >= 15 is 0 Å². The van der Waals surface area contributed by atoms with Gasteiger partial charge in [-0.2, -0.15) is 0 Å². The molecule has 0 bridgehead atoms. The molecule has 0 atom stereocenters. The van der Waals surface area contributed by atoms with Crippen LogP contribution < -0.4 is 0 Å². The van der Waals surface area contributed by atoms with Crippen molar-refractivity contribution in [2.45, 2.75) is 13.3 Å².